The van der Waals surface area contributed by atoms with Crippen molar-refractivity contribution in [3.63, 3.8) is 0 Å². The molecule has 0 aliphatic carbocycles. The summed E-state index contributed by atoms with van der Waals surface area (Å²) >= 11 is 0. The Labute approximate surface area is 108 Å². The second-order valence-corrected chi connectivity index (χ2v) is 3.62. The van der Waals surface area contributed by atoms with E-state index in [-0.39, 0.29) is 0 Å². The molecule has 1 aromatic heterocycles. The first-order chi connectivity index (χ1) is 9.25. The normalized spacial score (nSPS) is 10.2. The Morgan fingerprint density at radius 3 is 1.50 bits per heavy atom. The van der Waals surface area contributed by atoms with E-state index in [9.17, 15) is 31.9 Å². The van der Waals surface area contributed by atoms with Crippen LogP contribution in [0.15, 0.2) is 38.7 Å². The van der Waals surface area contributed by atoms with Crippen LogP contribution in [0.2, 0.25) is 0 Å². The van der Waals surface area contributed by atoms with Gasteiger partial charge in [-0.25, -0.2) is 28.1 Å². The Kier molecular flexibility index (Phi) is 4.83. The zero-order valence-electron chi connectivity index (χ0n) is 10.1. The molecule has 0 aliphatic heterocycles. The number of hydrogen-bond acceptors (Lipinski definition) is 3. The standard InChI is InChI=1S/C10H9F4N3O3/c1-15-8(18)16(4-2-6(11)12)10(20)17(9(15)19)5-3-7(13)14/h2-3H,4-5H2,1H3. The minimum Gasteiger partial charge on any atom is -0.248 e. The van der Waals surface area contributed by atoms with Crippen molar-refractivity contribution in [3.05, 3.63) is 55.8 Å². The molecule has 0 amide bonds. The van der Waals surface area contributed by atoms with Crippen LogP contribution in [0.5, 0.6) is 0 Å². The summed E-state index contributed by atoms with van der Waals surface area (Å²) in [6, 6.07) is 0. The number of hydrogen-bond donors (Lipinski definition) is 0. The van der Waals surface area contributed by atoms with E-state index >= 15 is 0 Å². The van der Waals surface area contributed by atoms with E-state index in [1.54, 1.807) is 0 Å². The molecule has 20 heavy (non-hydrogen) atoms. The van der Waals surface area contributed by atoms with Gasteiger partial charge < -0.3 is 0 Å². The van der Waals surface area contributed by atoms with Crippen molar-refractivity contribution in [3.8, 4) is 0 Å². The summed E-state index contributed by atoms with van der Waals surface area (Å²) < 4.78 is 49.1. The van der Waals surface area contributed by atoms with Gasteiger partial charge in [0.2, 0.25) is 0 Å². The van der Waals surface area contributed by atoms with Gasteiger partial charge in [0.1, 0.15) is 0 Å². The van der Waals surface area contributed by atoms with Crippen molar-refractivity contribution in [2.24, 2.45) is 7.05 Å². The van der Waals surface area contributed by atoms with E-state index in [2.05, 4.69) is 0 Å². The number of rotatable bonds is 4. The minimum absolute atomic E-state index is 0.295. The van der Waals surface area contributed by atoms with Crippen LogP contribution in [0.25, 0.3) is 0 Å². The third-order valence-corrected chi connectivity index (χ3v) is 2.35. The molecule has 0 unspecified atom stereocenters. The van der Waals surface area contributed by atoms with Crippen LogP contribution in [-0.4, -0.2) is 13.7 Å². The van der Waals surface area contributed by atoms with Gasteiger partial charge in [0, 0.05) is 19.2 Å². The fourth-order valence-corrected chi connectivity index (χ4v) is 1.39. The average Bonchev–Trinajstić information content (AvgIpc) is 2.35. The van der Waals surface area contributed by atoms with E-state index < -0.39 is 42.3 Å². The molecular weight excluding hydrogens is 286 g/mol. The Bertz CT molecular complexity index is 675. The molecule has 6 nitrogen and oxygen atoms in total. The zero-order valence-corrected chi connectivity index (χ0v) is 10.1. The van der Waals surface area contributed by atoms with Gasteiger partial charge in [-0.15, -0.1) is 0 Å². The Hall–Kier alpha value is -2.39. The van der Waals surface area contributed by atoms with Crippen LogP contribution in [0, 0.1) is 0 Å². The lowest BCUT2D eigenvalue weighted by atomic mass is 10.5. The molecule has 1 heterocycles. The van der Waals surface area contributed by atoms with Crippen LogP contribution in [0.1, 0.15) is 0 Å². The maximum absolute atomic E-state index is 12.0. The molecule has 0 saturated carbocycles. The van der Waals surface area contributed by atoms with E-state index in [4.69, 9.17) is 0 Å². The van der Waals surface area contributed by atoms with Gasteiger partial charge in [0.05, 0.1) is 13.1 Å². The first-order valence-corrected chi connectivity index (χ1v) is 5.18. The molecule has 1 aromatic rings. The maximum atomic E-state index is 12.0. The Morgan fingerprint density at radius 1 is 0.850 bits per heavy atom. The molecule has 0 radical (unpaired) electrons. The number of allylic oxidation sites excluding steroid dienone is 2. The molecule has 1 rings (SSSR count). The van der Waals surface area contributed by atoms with Crippen LogP contribution >= 0.6 is 0 Å². The molecule has 0 bridgehead atoms. The molecule has 0 saturated heterocycles. The number of aromatic nitrogens is 3. The number of halogens is 4. The smallest absolute Gasteiger partial charge is 0.248 e. The SMILES string of the molecule is Cn1c(=O)n(CC=C(F)F)c(=O)n(CC=C(F)F)c1=O. The molecule has 0 fully saturated rings. The van der Waals surface area contributed by atoms with Crippen LogP contribution in [0.4, 0.5) is 17.6 Å². The molecule has 0 aliphatic rings. The van der Waals surface area contributed by atoms with Crippen molar-refractivity contribution >= 4 is 0 Å². The Balaban J connectivity index is 3.51. The van der Waals surface area contributed by atoms with Gasteiger partial charge in [-0.05, 0) is 0 Å². The first-order valence-electron chi connectivity index (χ1n) is 5.18. The number of nitrogens with zero attached hydrogens (tertiary/aromatic N) is 3. The van der Waals surface area contributed by atoms with Gasteiger partial charge >= 0.3 is 17.1 Å². The van der Waals surface area contributed by atoms with Crippen LogP contribution in [0.3, 0.4) is 0 Å². The molecular formula is C10H9F4N3O3. The summed E-state index contributed by atoms with van der Waals surface area (Å²) in [5.41, 5.74) is -3.47. The van der Waals surface area contributed by atoms with Gasteiger partial charge in [-0.3, -0.25) is 0 Å². The van der Waals surface area contributed by atoms with Crippen molar-refractivity contribution in [1.29, 1.82) is 0 Å². The van der Waals surface area contributed by atoms with Crippen molar-refractivity contribution in [1.82, 2.24) is 13.7 Å². The highest BCUT2D eigenvalue weighted by molar-refractivity contribution is 4.88. The predicted molar refractivity (Wildman–Crippen MR) is 60.8 cm³/mol. The summed E-state index contributed by atoms with van der Waals surface area (Å²) in [5.74, 6) is 0. The van der Waals surface area contributed by atoms with Gasteiger partial charge in [-0.1, -0.05) is 0 Å². The molecule has 0 atom stereocenters. The van der Waals surface area contributed by atoms with Crippen LogP contribution in [-0.2, 0) is 20.1 Å². The van der Waals surface area contributed by atoms with Crippen molar-refractivity contribution < 1.29 is 17.6 Å². The van der Waals surface area contributed by atoms with Crippen LogP contribution < -0.4 is 17.1 Å². The molecule has 10 heteroatoms. The van der Waals surface area contributed by atoms with Gasteiger partial charge in [-0.2, -0.15) is 17.6 Å². The zero-order chi connectivity index (χ0) is 15.4. The van der Waals surface area contributed by atoms with Gasteiger partial charge in [0.15, 0.2) is 0 Å². The molecule has 0 aromatic carbocycles. The fourth-order valence-electron chi connectivity index (χ4n) is 1.39. The second-order valence-electron chi connectivity index (χ2n) is 3.62. The maximum Gasteiger partial charge on any atom is 0.336 e. The van der Waals surface area contributed by atoms with Crippen molar-refractivity contribution in [2.75, 3.05) is 0 Å². The second kappa shape index (κ2) is 6.17. The first kappa shape index (κ1) is 15.7. The highest BCUT2D eigenvalue weighted by Crippen LogP contribution is 1.96. The summed E-state index contributed by atoms with van der Waals surface area (Å²) in [6.45, 7) is -1.54. The third kappa shape index (κ3) is 3.33. The summed E-state index contributed by atoms with van der Waals surface area (Å²) in [7, 11) is 1.00. The lowest BCUT2D eigenvalue weighted by Crippen LogP contribution is -2.53. The quantitative estimate of drug-likeness (QED) is 0.749. The topological polar surface area (TPSA) is 66.0 Å². The third-order valence-electron chi connectivity index (χ3n) is 2.35. The van der Waals surface area contributed by atoms with E-state index in [1.807, 2.05) is 0 Å². The largest absolute Gasteiger partial charge is 0.336 e. The molecule has 110 valence electrons. The molecule has 0 N–H and O–H groups in total. The summed E-state index contributed by atoms with van der Waals surface area (Å²) in [4.78, 5) is 34.9. The summed E-state index contributed by atoms with van der Waals surface area (Å²) in [5, 5.41) is 0. The summed E-state index contributed by atoms with van der Waals surface area (Å²) in [6.07, 6.45) is -3.65. The lowest BCUT2D eigenvalue weighted by Gasteiger charge is -2.08. The van der Waals surface area contributed by atoms with E-state index in [0.717, 1.165) is 7.05 Å². The molecule has 0 spiro atoms. The van der Waals surface area contributed by atoms with Crippen molar-refractivity contribution in [2.45, 2.75) is 13.1 Å². The average molecular weight is 295 g/mol. The van der Waals surface area contributed by atoms with E-state index in [1.165, 1.54) is 0 Å². The predicted octanol–water partition coefficient (Wildman–Crippen LogP) is 0.269. The van der Waals surface area contributed by atoms with E-state index in [0.29, 0.717) is 25.9 Å². The minimum atomic E-state index is -2.12. The Morgan fingerprint density at radius 2 is 1.20 bits per heavy atom. The lowest BCUT2D eigenvalue weighted by molar-refractivity contribution is 0.409. The monoisotopic (exact) mass is 295 g/mol. The highest BCUT2D eigenvalue weighted by atomic mass is 19.3. The highest BCUT2D eigenvalue weighted by Gasteiger charge is 2.12. The van der Waals surface area contributed by atoms with Gasteiger partial charge in [0.25, 0.3) is 12.2 Å². The fraction of sp³-hybridized carbons (Fsp3) is 0.300.